The van der Waals surface area contributed by atoms with Gasteiger partial charge < -0.3 is 4.74 Å². The second kappa shape index (κ2) is 5.63. The third-order valence-electron chi connectivity index (χ3n) is 2.51. The van der Waals surface area contributed by atoms with E-state index in [2.05, 4.69) is 0 Å². The molecule has 0 N–H and O–H groups in total. The molecule has 6 nitrogen and oxygen atoms in total. The second-order valence-corrected chi connectivity index (χ2v) is 7.97. The molecule has 21 heavy (non-hydrogen) atoms. The van der Waals surface area contributed by atoms with Crippen LogP contribution in [0.3, 0.4) is 0 Å². The maximum Gasteiger partial charge on any atom is 0.324 e. The molecule has 0 aliphatic heterocycles. The minimum absolute atomic E-state index is 0.118. The van der Waals surface area contributed by atoms with Gasteiger partial charge in [0.05, 0.1) is 9.95 Å². The lowest BCUT2D eigenvalue weighted by Gasteiger charge is -2.05. The molecule has 1 aromatic heterocycles. The van der Waals surface area contributed by atoms with Crippen molar-refractivity contribution in [3.05, 3.63) is 45.0 Å². The lowest BCUT2D eigenvalue weighted by atomic mass is 10.2. The van der Waals surface area contributed by atoms with Crippen molar-refractivity contribution in [1.82, 2.24) is 0 Å². The number of nitro groups is 1. The van der Waals surface area contributed by atoms with E-state index < -0.39 is 20.4 Å². The average Bonchev–Trinajstić information content (AvgIpc) is 2.78. The molecule has 0 radical (unpaired) electrons. The summed E-state index contributed by atoms with van der Waals surface area (Å²) in [5, 5.41) is 11.2. The molecule has 0 aliphatic rings. The summed E-state index contributed by atoms with van der Waals surface area (Å²) in [4.78, 5) is 10.3. The molecule has 9 heteroatoms. The average molecular weight is 348 g/mol. The molecule has 1 heterocycles. The molecule has 0 atom stereocenters. The molecule has 0 saturated heterocycles. The van der Waals surface area contributed by atoms with Gasteiger partial charge in [-0.2, -0.15) is 0 Å². The Hall–Kier alpha value is -1.64. The first-order valence-electron chi connectivity index (χ1n) is 5.61. The molecule has 0 amide bonds. The zero-order chi connectivity index (χ0) is 15.8. The van der Waals surface area contributed by atoms with Gasteiger partial charge in [-0.05, 0) is 24.6 Å². The van der Waals surface area contributed by atoms with Crippen molar-refractivity contribution in [3.63, 3.8) is 0 Å². The van der Waals surface area contributed by atoms with Gasteiger partial charge in [-0.15, -0.1) is 0 Å². The maximum absolute atomic E-state index is 11.5. The molecule has 0 aliphatic carbocycles. The summed E-state index contributed by atoms with van der Waals surface area (Å²) < 4.78 is 28.3. The van der Waals surface area contributed by atoms with Crippen LogP contribution in [-0.4, -0.2) is 19.6 Å². The van der Waals surface area contributed by atoms with Gasteiger partial charge in [-0.3, -0.25) is 10.1 Å². The molecular weight excluding hydrogens is 338 g/mol. The largest absolute Gasteiger partial charge is 0.438 e. The number of thiophene rings is 1. The molecule has 2 rings (SSSR count). The summed E-state index contributed by atoms with van der Waals surface area (Å²) in [6.07, 6.45) is 0.978. The Morgan fingerprint density at radius 1 is 1.33 bits per heavy atom. The summed E-state index contributed by atoms with van der Waals surface area (Å²) in [7, 11) is -3.55. The Labute approximate surface area is 130 Å². The monoisotopic (exact) mass is 347 g/mol. The fourth-order valence-electron chi connectivity index (χ4n) is 1.52. The topological polar surface area (TPSA) is 86.5 Å². The van der Waals surface area contributed by atoms with Crippen LogP contribution in [-0.2, 0) is 9.84 Å². The predicted octanol–water partition coefficient (Wildman–Crippen LogP) is 3.81. The SMILES string of the molecule is Cc1ccc(Cl)c(Oc2sc(S(C)(=O)=O)cc2[N+](=O)[O-])c1. The minimum atomic E-state index is -3.55. The number of nitrogens with zero attached hydrogens (tertiary/aromatic N) is 1. The first-order chi connectivity index (χ1) is 9.68. The smallest absolute Gasteiger partial charge is 0.324 e. The molecule has 0 fully saturated rings. The highest BCUT2D eigenvalue weighted by molar-refractivity contribution is 7.92. The second-order valence-electron chi connectivity index (χ2n) is 4.30. The van der Waals surface area contributed by atoms with Gasteiger partial charge in [0.25, 0.3) is 5.06 Å². The van der Waals surface area contributed by atoms with Crippen LogP contribution in [0.25, 0.3) is 0 Å². The number of ether oxygens (including phenoxy) is 1. The first-order valence-corrected chi connectivity index (χ1v) is 8.69. The zero-order valence-electron chi connectivity index (χ0n) is 11.0. The molecule has 0 saturated carbocycles. The van der Waals surface area contributed by atoms with E-state index in [0.717, 1.165) is 17.9 Å². The minimum Gasteiger partial charge on any atom is -0.438 e. The van der Waals surface area contributed by atoms with Crippen LogP contribution < -0.4 is 4.74 Å². The van der Waals surface area contributed by atoms with E-state index in [4.69, 9.17) is 16.3 Å². The molecule has 1 aromatic carbocycles. The van der Waals surface area contributed by atoms with E-state index >= 15 is 0 Å². The highest BCUT2D eigenvalue weighted by atomic mass is 35.5. The number of hydrogen-bond donors (Lipinski definition) is 0. The summed E-state index contributed by atoms with van der Waals surface area (Å²) in [5.74, 6) is 0.238. The Bertz CT molecular complexity index is 813. The first kappa shape index (κ1) is 15.7. The van der Waals surface area contributed by atoms with Crippen molar-refractivity contribution in [2.75, 3.05) is 6.26 Å². The number of hydrogen-bond acceptors (Lipinski definition) is 6. The van der Waals surface area contributed by atoms with Crippen molar-refractivity contribution in [1.29, 1.82) is 0 Å². The Morgan fingerprint density at radius 2 is 2.00 bits per heavy atom. The number of aryl methyl sites for hydroxylation is 1. The van der Waals surface area contributed by atoms with Crippen LogP contribution in [0.5, 0.6) is 10.8 Å². The number of halogens is 1. The zero-order valence-corrected chi connectivity index (χ0v) is 13.4. The van der Waals surface area contributed by atoms with Crippen molar-refractivity contribution in [3.8, 4) is 10.8 Å². The predicted molar refractivity (Wildman–Crippen MR) is 80.3 cm³/mol. The van der Waals surface area contributed by atoms with Gasteiger partial charge in [0, 0.05) is 12.3 Å². The molecule has 2 aromatic rings. The van der Waals surface area contributed by atoms with Crippen LogP contribution >= 0.6 is 22.9 Å². The van der Waals surface area contributed by atoms with Crippen molar-refractivity contribution >= 4 is 38.5 Å². The summed E-state index contributed by atoms with van der Waals surface area (Å²) in [6.45, 7) is 1.81. The van der Waals surface area contributed by atoms with Crippen molar-refractivity contribution in [2.24, 2.45) is 0 Å². The number of rotatable bonds is 4. The van der Waals surface area contributed by atoms with E-state index in [1.807, 2.05) is 6.92 Å². The van der Waals surface area contributed by atoms with Gasteiger partial charge in [-0.1, -0.05) is 29.0 Å². The normalized spacial score (nSPS) is 11.4. The summed E-state index contributed by atoms with van der Waals surface area (Å²) in [5.41, 5.74) is 0.454. The number of sulfone groups is 1. The van der Waals surface area contributed by atoms with Gasteiger partial charge in [0.15, 0.2) is 9.84 Å². The fraction of sp³-hybridized carbons (Fsp3) is 0.167. The van der Waals surface area contributed by atoms with E-state index in [9.17, 15) is 18.5 Å². The van der Waals surface area contributed by atoms with Crippen molar-refractivity contribution in [2.45, 2.75) is 11.1 Å². The van der Waals surface area contributed by atoms with Gasteiger partial charge in [-0.25, -0.2) is 8.42 Å². The maximum atomic E-state index is 11.5. The van der Waals surface area contributed by atoms with Crippen LogP contribution in [0, 0.1) is 17.0 Å². The highest BCUT2D eigenvalue weighted by Crippen LogP contribution is 2.43. The van der Waals surface area contributed by atoms with Crippen LogP contribution in [0.2, 0.25) is 5.02 Å². The summed E-state index contributed by atoms with van der Waals surface area (Å²) >= 11 is 6.66. The Balaban J connectivity index is 2.51. The van der Waals surface area contributed by atoms with Gasteiger partial charge in [0.1, 0.15) is 9.96 Å². The molecule has 0 bridgehead atoms. The fourth-order valence-corrected chi connectivity index (χ4v) is 3.55. The van der Waals surface area contributed by atoms with Crippen LogP contribution in [0.15, 0.2) is 28.5 Å². The van der Waals surface area contributed by atoms with E-state index in [1.165, 1.54) is 0 Å². The number of benzene rings is 1. The van der Waals surface area contributed by atoms with Gasteiger partial charge >= 0.3 is 5.69 Å². The quantitative estimate of drug-likeness (QED) is 0.620. The third kappa shape index (κ3) is 3.52. The molecule has 112 valence electrons. The summed E-state index contributed by atoms with van der Waals surface area (Å²) in [6, 6.07) is 5.97. The molecule has 0 spiro atoms. The van der Waals surface area contributed by atoms with E-state index in [1.54, 1.807) is 18.2 Å². The van der Waals surface area contributed by atoms with E-state index in [0.29, 0.717) is 11.3 Å². The van der Waals surface area contributed by atoms with Crippen LogP contribution in [0.4, 0.5) is 5.69 Å². The molecule has 0 unspecified atom stereocenters. The lowest BCUT2D eigenvalue weighted by molar-refractivity contribution is -0.385. The van der Waals surface area contributed by atoms with Gasteiger partial charge in [0.2, 0.25) is 0 Å². The van der Waals surface area contributed by atoms with Crippen LogP contribution in [0.1, 0.15) is 5.56 Å². The standard InChI is InChI=1S/C12H10ClNO5S2/c1-7-3-4-8(13)10(5-7)19-12-9(14(15)16)6-11(20-12)21(2,17)18/h3-6H,1-2H3. The molecular formula is C12H10ClNO5S2. The Kier molecular flexibility index (Phi) is 4.22. The van der Waals surface area contributed by atoms with Crippen molar-refractivity contribution < 1.29 is 18.1 Å². The lowest BCUT2D eigenvalue weighted by Crippen LogP contribution is -1.92. The van der Waals surface area contributed by atoms with E-state index in [-0.39, 0.29) is 20.0 Å². The third-order valence-corrected chi connectivity index (χ3v) is 5.62. The highest BCUT2D eigenvalue weighted by Gasteiger charge is 2.26. The Morgan fingerprint density at radius 3 is 2.57 bits per heavy atom.